The number of fused-ring (bicyclic) bond motifs is 1. The van der Waals surface area contributed by atoms with Crippen LogP contribution in [0, 0.1) is 0 Å². The van der Waals surface area contributed by atoms with Gasteiger partial charge in [-0.05, 0) is 64.2 Å². The molecule has 7 nitrogen and oxygen atoms in total. The number of rotatable bonds is 20. The number of ether oxygens (including phenoxy) is 4. The van der Waals surface area contributed by atoms with Crippen LogP contribution >= 0.6 is 0 Å². The Morgan fingerprint density at radius 2 is 1.41 bits per heavy atom. The van der Waals surface area contributed by atoms with Gasteiger partial charge in [-0.1, -0.05) is 69.4 Å². The highest BCUT2D eigenvalue weighted by molar-refractivity contribution is 5.87. The molecular weight excluding hydrogens is 520 g/mol. The highest BCUT2D eigenvalue weighted by Crippen LogP contribution is 2.34. The molecule has 1 heterocycles. The first kappa shape index (κ1) is 32.6. The Kier molecular flexibility index (Phi) is 13.7. The topological polar surface area (TPSA) is 87.4 Å². The van der Waals surface area contributed by atoms with Crippen LogP contribution in [0.3, 0.4) is 0 Å². The average Bonchev–Trinajstić information content (AvgIpc) is 2.96. The number of hydrogen-bond acceptors (Lipinski definition) is 7. The number of aryl methyl sites for hydroxylation is 1. The lowest BCUT2D eigenvalue weighted by molar-refractivity contribution is -0.380. The summed E-state index contributed by atoms with van der Waals surface area (Å²) in [4.78, 5) is 13.4. The Morgan fingerprint density at radius 1 is 0.805 bits per heavy atom. The molecule has 0 radical (unpaired) electrons. The van der Waals surface area contributed by atoms with Crippen LogP contribution in [0.2, 0.25) is 0 Å². The molecule has 0 unspecified atom stereocenters. The molecule has 0 amide bonds. The van der Waals surface area contributed by atoms with E-state index in [1.807, 2.05) is 64.1 Å². The minimum absolute atomic E-state index is 0.0607. The van der Waals surface area contributed by atoms with Gasteiger partial charge < -0.3 is 28.5 Å². The second kappa shape index (κ2) is 17.2. The van der Waals surface area contributed by atoms with Crippen molar-refractivity contribution in [1.82, 2.24) is 0 Å². The van der Waals surface area contributed by atoms with Gasteiger partial charge in [0, 0.05) is 31.8 Å². The third-order valence-electron chi connectivity index (χ3n) is 7.02. The van der Waals surface area contributed by atoms with Gasteiger partial charge in [-0.25, -0.2) is 0 Å². The molecule has 2 aromatic carbocycles. The number of benzene rings is 2. The van der Waals surface area contributed by atoms with Crippen LogP contribution in [0.25, 0.3) is 22.3 Å². The summed E-state index contributed by atoms with van der Waals surface area (Å²) in [6.45, 7) is 9.94. The lowest BCUT2D eigenvalue weighted by Gasteiger charge is -2.32. The summed E-state index contributed by atoms with van der Waals surface area (Å²) in [6.07, 6.45) is 9.99. The molecule has 0 aliphatic carbocycles. The van der Waals surface area contributed by atoms with Crippen LogP contribution in [0.1, 0.15) is 91.0 Å². The Labute approximate surface area is 244 Å². The number of aromatic hydroxyl groups is 1. The molecule has 0 spiro atoms. The van der Waals surface area contributed by atoms with Crippen LogP contribution in [0.5, 0.6) is 11.5 Å². The van der Waals surface area contributed by atoms with Crippen molar-refractivity contribution >= 4 is 11.0 Å². The van der Waals surface area contributed by atoms with Crippen LogP contribution in [0.4, 0.5) is 0 Å². The molecule has 1 aromatic heterocycles. The van der Waals surface area contributed by atoms with E-state index in [9.17, 15) is 9.90 Å². The van der Waals surface area contributed by atoms with Crippen molar-refractivity contribution in [2.24, 2.45) is 0 Å². The quantitative estimate of drug-likeness (QED) is 0.108. The van der Waals surface area contributed by atoms with Gasteiger partial charge in [-0.15, -0.1) is 0 Å². The number of unbranched alkanes of at least 4 members (excludes halogenated alkanes) is 6. The molecule has 0 atom stereocenters. The average molecular weight is 569 g/mol. The maximum atomic E-state index is 13.4. The van der Waals surface area contributed by atoms with E-state index in [4.69, 9.17) is 23.4 Å². The van der Waals surface area contributed by atoms with Gasteiger partial charge in [-0.3, -0.25) is 4.79 Å². The lowest BCUT2D eigenvalue weighted by atomic mass is 10.0. The fourth-order valence-electron chi connectivity index (χ4n) is 5.15. The van der Waals surface area contributed by atoms with Crippen molar-refractivity contribution in [1.29, 1.82) is 0 Å². The Morgan fingerprint density at radius 3 is 2.02 bits per heavy atom. The van der Waals surface area contributed by atoms with Gasteiger partial charge >= 0.3 is 0 Å². The zero-order valence-corrected chi connectivity index (χ0v) is 25.3. The summed E-state index contributed by atoms with van der Waals surface area (Å²) in [5.74, 6) is -0.425. The molecule has 3 aromatic rings. The molecule has 0 aliphatic heterocycles. The molecular formula is C34H48O7. The summed E-state index contributed by atoms with van der Waals surface area (Å²) in [6, 6.07) is 13.1. The highest BCUT2D eigenvalue weighted by atomic mass is 16.9. The van der Waals surface area contributed by atoms with E-state index in [1.54, 1.807) is 6.07 Å². The van der Waals surface area contributed by atoms with E-state index in [-0.39, 0.29) is 22.3 Å². The fraction of sp³-hybridized carbons (Fsp3) is 0.559. The normalized spacial score (nSPS) is 11.8. The van der Waals surface area contributed by atoms with E-state index in [2.05, 4.69) is 0 Å². The van der Waals surface area contributed by atoms with Crippen LogP contribution < -0.4 is 10.2 Å². The molecule has 41 heavy (non-hydrogen) atoms. The lowest BCUT2D eigenvalue weighted by Crippen LogP contribution is -2.39. The van der Waals surface area contributed by atoms with E-state index in [0.717, 1.165) is 68.9 Å². The standard InChI is InChI=1S/C34H48O7/c1-5-23-37-33-31(36)30-28(35)24-26(25-29(30)41-32(33)27-20-16-14-17-21-27)19-15-12-10-9-11-13-18-22-34(38-6-2,39-7-3)40-8-4/h14,16-17,20-21,24-25,35H,5-13,15,18-19,22-23H2,1-4H3. The van der Waals surface area contributed by atoms with Crippen molar-refractivity contribution in [2.75, 3.05) is 26.4 Å². The van der Waals surface area contributed by atoms with E-state index in [1.165, 1.54) is 6.42 Å². The summed E-state index contributed by atoms with van der Waals surface area (Å²) < 4.78 is 29.5. The molecule has 7 heteroatoms. The molecule has 0 aliphatic rings. The molecule has 1 N–H and O–H groups in total. The van der Waals surface area contributed by atoms with Crippen molar-refractivity contribution < 1.29 is 28.5 Å². The van der Waals surface area contributed by atoms with Gasteiger partial charge in [0.2, 0.25) is 11.2 Å². The summed E-state index contributed by atoms with van der Waals surface area (Å²) in [5.41, 5.74) is 1.76. The summed E-state index contributed by atoms with van der Waals surface area (Å²) in [7, 11) is 0. The maximum Gasteiger partial charge on any atom is 0.282 e. The zero-order chi connectivity index (χ0) is 29.5. The molecule has 0 saturated carbocycles. The molecule has 0 bridgehead atoms. The third-order valence-corrected chi connectivity index (χ3v) is 7.02. The van der Waals surface area contributed by atoms with Crippen molar-refractivity contribution in [3.63, 3.8) is 0 Å². The predicted octanol–water partition coefficient (Wildman–Crippen LogP) is 8.38. The zero-order valence-electron chi connectivity index (χ0n) is 25.3. The van der Waals surface area contributed by atoms with E-state index < -0.39 is 5.97 Å². The fourth-order valence-corrected chi connectivity index (χ4v) is 5.15. The van der Waals surface area contributed by atoms with Gasteiger partial charge in [0.25, 0.3) is 5.97 Å². The molecule has 0 fully saturated rings. The Hall–Kier alpha value is -2.87. The van der Waals surface area contributed by atoms with Gasteiger partial charge in [0.05, 0.1) is 6.61 Å². The van der Waals surface area contributed by atoms with E-state index >= 15 is 0 Å². The first-order valence-electron chi connectivity index (χ1n) is 15.4. The van der Waals surface area contributed by atoms with Crippen molar-refractivity contribution in [2.45, 2.75) is 97.9 Å². The number of phenols is 1. The summed E-state index contributed by atoms with van der Waals surface area (Å²) in [5, 5.41) is 11.0. The maximum absolute atomic E-state index is 13.4. The van der Waals surface area contributed by atoms with Crippen LogP contribution in [-0.4, -0.2) is 37.5 Å². The molecule has 3 rings (SSSR count). The van der Waals surface area contributed by atoms with Crippen LogP contribution in [0.15, 0.2) is 51.7 Å². The number of phenolic OH excluding ortho intramolecular Hbond substituents is 1. The monoisotopic (exact) mass is 568 g/mol. The summed E-state index contributed by atoms with van der Waals surface area (Å²) >= 11 is 0. The van der Waals surface area contributed by atoms with Crippen molar-refractivity contribution in [3.05, 3.63) is 58.3 Å². The molecule has 0 saturated heterocycles. The van der Waals surface area contributed by atoms with Gasteiger partial charge in [0.1, 0.15) is 16.7 Å². The predicted molar refractivity (Wildman–Crippen MR) is 164 cm³/mol. The third kappa shape index (κ3) is 9.32. The van der Waals surface area contributed by atoms with Crippen molar-refractivity contribution in [3.8, 4) is 22.8 Å². The van der Waals surface area contributed by atoms with Gasteiger partial charge in [0.15, 0.2) is 5.76 Å². The first-order chi connectivity index (χ1) is 20.0. The molecule has 226 valence electrons. The second-order valence-corrected chi connectivity index (χ2v) is 10.2. The Bertz CT molecular complexity index is 1220. The van der Waals surface area contributed by atoms with E-state index in [0.29, 0.717) is 37.8 Å². The first-order valence-corrected chi connectivity index (χ1v) is 15.4. The highest BCUT2D eigenvalue weighted by Gasteiger charge is 2.31. The Balaban J connectivity index is 1.54. The minimum atomic E-state index is -0.908. The second-order valence-electron chi connectivity index (χ2n) is 10.2. The largest absolute Gasteiger partial charge is 0.507 e. The SMILES string of the molecule is CCCOc1c(-c2ccccc2)oc2cc(CCCCCCCCCC(OCC)(OCC)OCC)cc(O)c2c1=O. The van der Waals surface area contributed by atoms with Gasteiger partial charge in [-0.2, -0.15) is 0 Å². The number of hydrogen-bond donors (Lipinski definition) is 1. The minimum Gasteiger partial charge on any atom is -0.507 e. The van der Waals surface area contributed by atoms with Crippen LogP contribution in [-0.2, 0) is 20.6 Å². The smallest absolute Gasteiger partial charge is 0.282 e.